The van der Waals surface area contributed by atoms with Crippen molar-refractivity contribution in [2.45, 2.75) is 37.3 Å². The van der Waals surface area contributed by atoms with Crippen LogP contribution in [0.25, 0.3) is 0 Å². The smallest absolute Gasteiger partial charge is 0.231 e. The third-order valence-corrected chi connectivity index (χ3v) is 6.08. The summed E-state index contributed by atoms with van der Waals surface area (Å²) in [6.45, 7) is 0.384. The zero-order chi connectivity index (χ0) is 21.3. The molecular weight excluding hydrogens is 392 g/mol. The summed E-state index contributed by atoms with van der Waals surface area (Å²) < 4.78 is 10.8. The van der Waals surface area contributed by atoms with Gasteiger partial charge in [0.05, 0.1) is 30.3 Å². The first-order chi connectivity index (χ1) is 15.2. The van der Waals surface area contributed by atoms with Crippen molar-refractivity contribution < 1.29 is 19.4 Å². The van der Waals surface area contributed by atoms with Crippen LogP contribution in [0.4, 0.5) is 0 Å². The fourth-order valence-corrected chi connectivity index (χ4v) is 4.14. The lowest BCUT2D eigenvalue weighted by atomic mass is 9.91. The van der Waals surface area contributed by atoms with Crippen molar-refractivity contribution in [2.75, 3.05) is 13.3 Å². The van der Waals surface area contributed by atoms with Crippen LogP contribution in [-0.2, 0) is 16.8 Å². The fourth-order valence-electron chi connectivity index (χ4n) is 4.14. The van der Waals surface area contributed by atoms with Crippen molar-refractivity contribution in [1.29, 1.82) is 0 Å². The van der Waals surface area contributed by atoms with E-state index < -0.39 is 5.41 Å². The van der Waals surface area contributed by atoms with Gasteiger partial charge in [-0.2, -0.15) is 0 Å². The summed E-state index contributed by atoms with van der Waals surface area (Å²) >= 11 is 0. The molecule has 2 aromatic rings. The topological polar surface area (TPSA) is 80.5 Å². The number of aliphatic hydroxyl groups excluding tert-OH is 1. The van der Waals surface area contributed by atoms with Gasteiger partial charge in [0.25, 0.3) is 0 Å². The molecule has 5 rings (SSSR count). The number of allylic oxidation sites excluding steroid dienone is 1. The van der Waals surface area contributed by atoms with E-state index in [1.165, 1.54) is 0 Å². The minimum Gasteiger partial charge on any atom is -0.454 e. The number of carbonyl (C=O) groups excluding carboxylic acids is 1. The van der Waals surface area contributed by atoms with Crippen LogP contribution < -0.4 is 9.47 Å². The van der Waals surface area contributed by atoms with Gasteiger partial charge >= 0.3 is 0 Å². The van der Waals surface area contributed by atoms with Crippen LogP contribution in [0.5, 0.6) is 11.5 Å². The van der Waals surface area contributed by atoms with Gasteiger partial charge in [-0.1, -0.05) is 30.3 Å². The van der Waals surface area contributed by atoms with Gasteiger partial charge in [-0.05, 0) is 54.7 Å². The van der Waals surface area contributed by atoms with Gasteiger partial charge in [0, 0.05) is 11.8 Å². The molecule has 0 amide bonds. The molecular formula is C25H24N2O4. The molecule has 1 saturated carbocycles. The molecule has 1 aliphatic carbocycles. The fraction of sp³-hybridized carbons (Fsp3) is 0.320. The van der Waals surface area contributed by atoms with E-state index in [0.717, 1.165) is 47.4 Å². The zero-order valence-electron chi connectivity index (χ0n) is 17.2. The first-order valence-electron chi connectivity index (χ1n) is 10.6. The molecule has 0 aromatic heterocycles. The second-order valence-corrected chi connectivity index (χ2v) is 8.14. The number of Topliss-reactive ketones (excluding diaryl/α,β-unsaturated/α-hetero) is 1. The number of ether oxygens (including phenoxy) is 2. The molecule has 1 unspecified atom stereocenters. The highest BCUT2D eigenvalue weighted by molar-refractivity contribution is 6.10. The average molecular weight is 416 g/mol. The Labute approximate surface area is 180 Å². The maximum absolute atomic E-state index is 13.0. The number of aliphatic imine (C=N–C) groups is 2. The minimum atomic E-state index is -0.441. The molecule has 1 N–H and O–H groups in total. The molecule has 2 aromatic carbocycles. The average Bonchev–Trinajstić information content (AvgIpc) is 3.50. The van der Waals surface area contributed by atoms with Crippen LogP contribution in [-0.4, -0.2) is 42.2 Å². The van der Waals surface area contributed by atoms with E-state index in [1.807, 2.05) is 48.5 Å². The number of hydrogen-bond acceptors (Lipinski definition) is 6. The van der Waals surface area contributed by atoms with Gasteiger partial charge in [0.15, 0.2) is 17.3 Å². The number of rotatable bonds is 7. The highest BCUT2D eigenvalue weighted by Crippen LogP contribution is 2.51. The molecule has 1 atom stereocenters. The van der Waals surface area contributed by atoms with E-state index in [0.29, 0.717) is 5.75 Å². The van der Waals surface area contributed by atoms with Crippen LogP contribution in [0, 0.1) is 0 Å². The van der Waals surface area contributed by atoms with E-state index in [2.05, 4.69) is 11.1 Å². The number of ketones is 1. The molecule has 0 radical (unpaired) electrons. The first kappa shape index (κ1) is 19.7. The van der Waals surface area contributed by atoms with Gasteiger partial charge in [0.1, 0.15) is 0 Å². The van der Waals surface area contributed by atoms with Crippen LogP contribution >= 0.6 is 0 Å². The maximum atomic E-state index is 13.0. The summed E-state index contributed by atoms with van der Waals surface area (Å²) in [5, 5.41) is 9.36. The maximum Gasteiger partial charge on any atom is 0.231 e. The lowest BCUT2D eigenvalue weighted by molar-refractivity contribution is -0.120. The molecule has 31 heavy (non-hydrogen) atoms. The Hall–Kier alpha value is -3.25. The highest BCUT2D eigenvalue weighted by atomic mass is 16.7. The van der Waals surface area contributed by atoms with Gasteiger partial charge < -0.3 is 14.6 Å². The normalized spacial score (nSPS) is 20.7. The minimum absolute atomic E-state index is 0.00293. The van der Waals surface area contributed by atoms with Gasteiger partial charge in [-0.25, -0.2) is 0 Å². The first-order valence-corrected chi connectivity index (χ1v) is 10.6. The summed E-state index contributed by atoms with van der Waals surface area (Å²) in [5.74, 6) is 1.57. The summed E-state index contributed by atoms with van der Waals surface area (Å²) in [7, 11) is 0. The van der Waals surface area contributed by atoms with E-state index in [-0.39, 0.29) is 31.8 Å². The van der Waals surface area contributed by atoms with Crippen LogP contribution in [0.3, 0.4) is 0 Å². The summed E-state index contributed by atoms with van der Waals surface area (Å²) in [4.78, 5) is 22.2. The standard InChI is InChI=1S/C25H24N2O4/c28-15-17-3-1-4-18(11-17)21-6-2-5-20(27-21)13-26-14-24(29)25(9-10-25)19-7-8-22-23(12-19)31-16-30-22/h1-4,6-8,11-13,20,28H,5,9-10,14-16H2. The Morgan fingerprint density at radius 1 is 1.19 bits per heavy atom. The molecule has 2 aliphatic heterocycles. The number of benzene rings is 2. The number of aliphatic hydroxyl groups is 1. The molecule has 2 heterocycles. The molecule has 6 heteroatoms. The van der Waals surface area contributed by atoms with Crippen LogP contribution in [0.2, 0.25) is 0 Å². The highest BCUT2D eigenvalue weighted by Gasteiger charge is 2.50. The second-order valence-electron chi connectivity index (χ2n) is 8.14. The number of dihydropyridines is 1. The van der Waals surface area contributed by atoms with E-state index in [1.54, 1.807) is 6.21 Å². The SMILES string of the molecule is O=C(CN=CC1CC=CC(c2cccc(CO)c2)=N1)C1(c2ccc3c(c2)OCO3)CC1. The number of fused-ring (bicyclic) bond motifs is 1. The number of nitrogens with zero attached hydrogens (tertiary/aromatic N) is 2. The monoisotopic (exact) mass is 416 g/mol. The molecule has 6 nitrogen and oxygen atoms in total. The molecule has 0 spiro atoms. The van der Waals surface area contributed by atoms with Gasteiger partial charge in [-0.15, -0.1) is 0 Å². The van der Waals surface area contributed by atoms with Crippen molar-refractivity contribution >= 4 is 17.7 Å². The van der Waals surface area contributed by atoms with E-state index in [9.17, 15) is 9.90 Å². The predicted octanol–water partition coefficient (Wildman–Crippen LogP) is 3.40. The predicted molar refractivity (Wildman–Crippen MR) is 118 cm³/mol. The van der Waals surface area contributed by atoms with Crippen molar-refractivity contribution in [1.82, 2.24) is 0 Å². The van der Waals surface area contributed by atoms with Crippen LogP contribution in [0.1, 0.15) is 36.0 Å². The van der Waals surface area contributed by atoms with Crippen molar-refractivity contribution in [3.05, 3.63) is 71.3 Å². The third kappa shape index (κ3) is 3.91. The van der Waals surface area contributed by atoms with Crippen LogP contribution in [0.15, 0.2) is 64.6 Å². The largest absolute Gasteiger partial charge is 0.454 e. The van der Waals surface area contributed by atoms with Crippen molar-refractivity contribution in [2.24, 2.45) is 9.98 Å². The molecule has 3 aliphatic rings. The van der Waals surface area contributed by atoms with E-state index >= 15 is 0 Å². The van der Waals surface area contributed by atoms with Crippen molar-refractivity contribution in [3.63, 3.8) is 0 Å². The Balaban J connectivity index is 1.25. The summed E-state index contributed by atoms with van der Waals surface area (Å²) in [5.41, 5.74) is 3.24. The Morgan fingerprint density at radius 3 is 2.90 bits per heavy atom. The second kappa shape index (κ2) is 8.12. The van der Waals surface area contributed by atoms with E-state index in [4.69, 9.17) is 14.5 Å². The number of carbonyl (C=O) groups is 1. The molecule has 0 saturated heterocycles. The molecule has 158 valence electrons. The number of hydrogen-bond donors (Lipinski definition) is 1. The van der Waals surface area contributed by atoms with Gasteiger partial charge in [-0.3, -0.25) is 14.8 Å². The molecule has 1 fully saturated rings. The van der Waals surface area contributed by atoms with Gasteiger partial charge in [0.2, 0.25) is 6.79 Å². The Bertz CT molecular complexity index is 1100. The summed E-state index contributed by atoms with van der Waals surface area (Å²) in [6.07, 6.45) is 8.29. The van der Waals surface area contributed by atoms with Crippen molar-refractivity contribution in [3.8, 4) is 11.5 Å². The summed E-state index contributed by atoms with van der Waals surface area (Å²) in [6, 6.07) is 13.4. The lowest BCUT2D eigenvalue weighted by Crippen LogP contribution is -2.23. The molecule has 0 bridgehead atoms. The lowest BCUT2D eigenvalue weighted by Gasteiger charge is -2.15. The third-order valence-electron chi connectivity index (χ3n) is 6.08. The quantitative estimate of drug-likeness (QED) is 0.702. The Kier molecular flexibility index (Phi) is 5.16. The zero-order valence-corrected chi connectivity index (χ0v) is 17.2. The Morgan fingerprint density at radius 2 is 2.06 bits per heavy atom.